The number of nitrogens with zero attached hydrogens (tertiary/aromatic N) is 2. The maximum absolute atomic E-state index is 11.8. The summed E-state index contributed by atoms with van der Waals surface area (Å²) in [5.41, 5.74) is 0.657. The Bertz CT molecular complexity index is 508. The highest BCUT2D eigenvalue weighted by atomic mass is 35.5. The zero-order chi connectivity index (χ0) is 13.0. The normalized spacial score (nSPS) is 12.1. The Morgan fingerprint density at radius 2 is 2.17 bits per heavy atom. The quantitative estimate of drug-likeness (QED) is 0.862. The Labute approximate surface area is 111 Å². The molecular formula is C13H14ClN3O. The summed E-state index contributed by atoms with van der Waals surface area (Å²) in [7, 11) is 0. The lowest BCUT2D eigenvalue weighted by Gasteiger charge is -2.13. The van der Waals surface area contributed by atoms with Crippen molar-refractivity contribution in [2.24, 2.45) is 0 Å². The Hall–Kier alpha value is -1.81. The van der Waals surface area contributed by atoms with Gasteiger partial charge in [-0.2, -0.15) is 0 Å². The average molecular weight is 264 g/mol. The maximum Gasteiger partial charge on any atom is 0.226 e. The summed E-state index contributed by atoms with van der Waals surface area (Å²) in [4.78, 5) is 15.7. The molecule has 1 N–H and O–H groups in total. The van der Waals surface area contributed by atoms with E-state index in [0.29, 0.717) is 17.3 Å². The summed E-state index contributed by atoms with van der Waals surface area (Å²) in [6.07, 6.45) is 5.85. The molecule has 0 radical (unpaired) electrons. The van der Waals surface area contributed by atoms with E-state index in [1.807, 2.05) is 36.0 Å². The van der Waals surface area contributed by atoms with Crippen LogP contribution in [0.2, 0.25) is 5.15 Å². The molecule has 2 aromatic heterocycles. The minimum absolute atomic E-state index is 0.0414. The van der Waals surface area contributed by atoms with Crippen molar-refractivity contribution >= 4 is 23.2 Å². The number of carbonyl (C=O) groups excluding carboxylic acids is 1. The van der Waals surface area contributed by atoms with Gasteiger partial charge in [-0.05, 0) is 31.2 Å². The van der Waals surface area contributed by atoms with Crippen LogP contribution in [0.1, 0.15) is 19.4 Å². The first-order valence-electron chi connectivity index (χ1n) is 5.69. The van der Waals surface area contributed by atoms with Gasteiger partial charge in [0.25, 0.3) is 0 Å². The molecule has 0 aliphatic rings. The third-order valence-corrected chi connectivity index (χ3v) is 2.85. The molecule has 0 bridgehead atoms. The van der Waals surface area contributed by atoms with Gasteiger partial charge >= 0.3 is 0 Å². The topological polar surface area (TPSA) is 46.9 Å². The molecule has 0 aliphatic carbocycles. The standard InChI is InChI=1S/C13H14ClN3O/c1-10(17-6-2-3-7-17)8-13(18)16-11-4-5-12(14)15-9-11/h2-7,9-10H,8H2,1H3,(H,16,18). The number of nitrogens with one attached hydrogen (secondary N) is 1. The highest BCUT2D eigenvalue weighted by molar-refractivity contribution is 6.29. The lowest BCUT2D eigenvalue weighted by atomic mass is 10.2. The van der Waals surface area contributed by atoms with E-state index in [2.05, 4.69) is 10.3 Å². The first-order chi connectivity index (χ1) is 8.65. The fourth-order valence-electron chi connectivity index (χ4n) is 1.68. The van der Waals surface area contributed by atoms with Gasteiger partial charge in [0.2, 0.25) is 5.91 Å². The fourth-order valence-corrected chi connectivity index (χ4v) is 1.79. The summed E-state index contributed by atoms with van der Waals surface area (Å²) in [6.45, 7) is 2.00. The van der Waals surface area contributed by atoms with E-state index in [1.165, 1.54) is 0 Å². The Morgan fingerprint density at radius 1 is 1.44 bits per heavy atom. The largest absolute Gasteiger partial charge is 0.351 e. The molecule has 94 valence electrons. The van der Waals surface area contributed by atoms with Crippen molar-refractivity contribution in [3.05, 3.63) is 48.0 Å². The van der Waals surface area contributed by atoms with Crippen molar-refractivity contribution in [3.63, 3.8) is 0 Å². The van der Waals surface area contributed by atoms with Crippen LogP contribution < -0.4 is 5.32 Å². The minimum atomic E-state index is -0.0414. The molecule has 1 atom stereocenters. The number of amides is 1. The van der Waals surface area contributed by atoms with Crippen LogP contribution in [0.15, 0.2) is 42.9 Å². The summed E-state index contributed by atoms with van der Waals surface area (Å²) in [5, 5.41) is 3.20. The molecule has 0 saturated heterocycles. The molecule has 0 spiro atoms. The monoisotopic (exact) mass is 263 g/mol. The lowest BCUT2D eigenvalue weighted by Crippen LogP contribution is -2.16. The van der Waals surface area contributed by atoms with Crippen molar-refractivity contribution in [2.75, 3.05) is 5.32 Å². The summed E-state index contributed by atoms with van der Waals surface area (Å²) in [6, 6.07) is 7.38. The molecule has 2 aromatic rings. The van der Waals surface area contributed by atoms with Gasteiger partial charge in [0.15, 0.2) is 0 Å². The Balaban J connectivity index is 1.91. The molecule has 1 unspecified atom stereocenters. The molecule has 2 rings (SSSR count). The van der Waals surface area contributed by atoms with Crippen LogP contribution in [0.5, 0.6) is 0 Å². The maximum atomic E-state index is 11.8. The zero-order valence-electron chi connectivity index (χ0n) is 10.0. The summed E-state index contributed by atoms with van der Waals surface area (Å²) >= 11 is 5.67. The van der Waals surface area contributed by atoms with Gasteiger partial charge < -0.3 is 9.88 Å². The second kappa shape index (κ2) is 5.69. The van der Waals surface area contributed by atoms with Gasteiger partial charge in [0, 0.05) is 24.9 Å². The van der Waals surface area contributed by atoms with Crippen molar-refractivity contribution in [1.29, 1.82) is 0 Å². The van der Waals surface area contributed by atoms with Crippen LogP contribution in [0, 0.1) is 0 Å². The number of aromatic nitrogens is 2. The molecule has 5 heteroatoms. The van der Waals surface area contributed by atoms with Crippen molar-refractivity contribution < 1.29 is 4.79 Å². The van der Waals surface area contributed by atoms with Gasteiger partial charge in [-0.15, -0.1) is 0 Å². The van der Waals surface area contributed by atoms with Gasteiger partial charge in [-0.1, -0.05) is 11.6 Å². The molecular weight excluding hydrogens is 250 g/mol. The Kier molecular flexibility index (Phi) is 3.99. The first-order valence-corrected chi connectivity index (χ1v) is 6.07. The number of hydrogen-bond donors (Lipinski definition) is 1. The van der Waals surface area contributed by atoms with Gasteiger partial charge in [0.1, 0.15) is 5.15 Å². The Morgan fingerprint density at radius 3 is 2.78 bits per heavy atom. The SMILES string of the molecule is CC(CC(=O)Nc1ccc(Cl)nc1)n1cccc1. The molecule has 0 fully saturated rings. The van der Waals surface area contributed by atoms with Crippen molar-refractivity contribution in [3.8, 4) is 0 Å². The number of carbonyl (C=O) groups is 1. The van der Waals surface area contributed by atoms with E-state index >= 15 is 0 Å². The van der Waals surface area contributed by atoms with Crippen LogP contribution in [0.3, 0.4) is 0 Å². The third kappa shape index (κ3) is 3.34. The molecule has 4 nitrogen and oxygen atoms in total. The average Bonchev–Trinajstić information content (AvgIpc) is 2.85. The predicted octanol–water partition coefficient (Wildman–Crippen LogP) is 3.13. The van der Waals surface area contributed by atoms with Crippen LogP contribution in [0.25, 0.3) is 0 Å². The van der Waals surface area contributed by atoms with Crippen LogP contribution in [-0.2, 0) is 4.79 Å². The summed E-state index contributed by atoms with van der Waals surface area (Å²) in [5.74, 6) is -0.0414. The molecule has 0 aliphatic heterocycles. The van der Waals surface area contributed by atoms with Gasteiger partial charge in [0.05, 0.1) is 11.9 Å². The highest BCUT2D eigenvalue weighted by Crippen LogP contribution is 2.14. The molecule has 0 aromatic carbocycles. The third-order valence-electron chi connectivity index (χ3n) is 2.63. The smallest absolute Gasteiger partial charge is 0.226 e. The molecule has 18 heavy (non-hydrogen) atoms. The minimum Gasteiger partial charge on any atom is -0.351 e. The predicted molar refractivity (Wildman–Crippen MR) is 71.6 cm³/mol. The second-order valence-electron chi connectivity index (χ2n) is 4.10. The van der Waals surface area contributed by atoms with E-state index in [1.54, 1.807) is 18.3 Å². The highest BCUT2D eigenvalue weighted by Gasteiger charge is 2.10. The zero-order valence-corrected chi connectivity index (χ0v) is 10.8. The number of halogens is 1. The number of hydrogen-bond acceptors (Lipinski definition) is 2. The summed E-state index contributed by atoms with van der Waals surface area (Å²) < 4.78 is 2.00. The van der Waals surface area contributed by atoms with Gasteiger partial charge in [-0.3, -0.25) is 4.79 Å². The molecule has 0 saturated carbocycles. The molecule has 1 amide bonds. The fraction of sp³-hybridized carbons (Fsp3) is 0.231. The number of rotatable bonds is 4. The van der Waals surface area contributed by atoms with Crippen LogP contribution in [-0.4, -0.2) is 15.5 Å². The van der Waals surface area contributed by atoms with Crippen molar-refractivity contribution in [1.82, 2.24) is 9.55 Å². The van der Waals surface area contributed by atoms with E-state index in [-0.39, 0.29) is 11.9 Å². The number of anilines is 1. The molecule has 2 heterocycles. The van der Waals surface area contributed by atoms with Crippen LogP contribution in [0.4, 0.5) is 5.69 Å². The lowest BCUT2D eigenvalue weighted by molar-refractivity contribution is -0.116. The van der Waals surface area contributed by atoms with E-state index in [0.717, 1.165) is 0 Å². The van der Waals surface area contributed by atoms with Crippen LogP contribution >= 0.6 is 11.6 Å². The van der Waals surface area contributed by atoms with Crippen molar-refractivity contribution in [2.45, 2.75) is 19.4 Å². The van der Waals surface area contributed by atoms with E-state index in [4.69, 9.17) is 11.6 Å². The van der Waals surface area contributed by atoms with E-state index in [9.17, 15) is 4.79 Å². The van der Waals surface area contributed by atoms with E-state index < -0.39 is 0 Å². The first kappa shape index (κ1) is 12.6. The van der Waals surface area contributed by atoms with Gasteiger partial charge in [-0.25, -0.2) is 4.98 Å². The number of pyridine rings is 1. The second-order valence-corrected chi connectivity index (χ2v) is 4.49.